The molecule has 0 bridgehead atoms. The Bertz CT molecular complexity index is 582. The number of benzene rings is 1. The van der Waals surface area contributed by atoms with Crippen LogP contribution >= 0.6 is 24.0 Å². The van der Waals surface area contributed by atoms with Crippen molar-refractivity contribution in [3.8, 4) is 0 Å². The summed E-state index contributed by atoms with van der Waals surface area (Å²) in [5, 5.41) is 5.70. The van der Waals surface area contributed by atoms with E-state index in [1.807, 2.05) is 19.1 Å². The summed E-state index contributed by atoms with van der Waals surface area (Å²) in [5.41, 5.74) is 2.33. The van der Waals surface area contributed by atoms with E-state index in [4.69, 9.17) is 0 Å². The van der Waals surface area contributed by atoms with Gasteiger partial charge < -0.3 is 10.6 Å². The molecular weight excluding hydrogens is 480 g/mol. The number of alkyl halides is 3. The Morgan fingerprint density at radius 2 is 1.71 bits per heavy atom. The van der Waals surface area contributed by atoms with Crippen LogP contribution in [0, 0.1) is 5.92 Å². The Morgan fingerprint density at radius 3 is 2.29 bits per heavy atom. The molecule has 1 saturated heterocycles. The van der Waals surface area contributed by atoms with Crippen LogP contribution in [0.25, 0.3) is 0 Å². The molecular formula is C20H32F3IN4. The molecule has 1 fully saturated rings. The lowest BCUT2D eigenvalue weighted by atomic mass is 9.99. The number of hydrogen-bond acceptors (Lipinski definition) is 2. The van der Waals surface area contributed by atoms with Crippen LogP contribution in [0.3, 0.4) is 0 Å². The monoisotopic (exact) mass is 512 g/mol. The van der Waals surface area contributed by atoms with Crippen LogP contribution in [-0.4, -0.2) is 43.2 Å². The molecule has 1 aliphatic heterocycles. The molecule has 1 heterocycles. The van der Waals surface area contributed by atoms with Crippen LogP contribution in [0.1, 0.15) is 44.2 Å². The summed E-state index contributed by atoms with van der Waals surface area (Å²) in [4.78, 5) is 6.86. The molecule has 8 heteroatoms. The minimum atomic E-state index is -4.16. The zero-order valence-electron chi connectivity index (χ0n) is 16.7. The first-order valence-corrected chi connectivity index (χ1v) is 9.75. The quantitative estimate of drug-likeness (QED) is 0.320. The van der Waals surface area contributed by atoms with Gasteiger partial charge >= 0.3 is 6.18 Å². The molecule has 0 spiro atoms. The fourth-order valence-electron chi connectivity index (χ4n) is 3.06. The minimum absolute atomic E-state index is 0. The molecule has 2 rings (SSSR count). The third-order valence-corrected chi connectivity index (χ3v) is 4.77. The summed E-state index contributed by atoms with van der Waals surface area (Å²) < 4.78 is 36.8. The first kappa shape index (κ1) is 25.0. The molecule has 4 nitrogen and oxygen atoms in total. The Balaban J connectivity index is 0.00000392. The van der Waals surface area contributed by atoms with Gasteiger partial charge in [-0.1, -0.05) is 31.2 Å². The van der Waals surface area contributed by atoms with Crippen molar-refractivity contribution in [3.05, 3.63) is 35.4 Å². The highest BCUT2D eigenvalue weighted by molar-refractivity contribution is 14.0. The average Bonchev–Trinajstić information content (AvgIpc) is 2.62. The summed E-state index contributed by atoms with van der Waals surface area (Å²) in [6.45, 7) is 8.34. The van der Waals surface area contributed by atoms with Gasteiger partial charge in [0.1, 0.15) is 0 Å². The van der Waals surface area contributed by atoms with Gasteiger partial charge in [-0.3, -0.25) is 4.90 Å². The van der Waals surface area contributed by atoms with Crippen LogP contribution in [-0.2, 0) is 13.1 Å². The van der Waals surface area contributed by atoms with E-state index in [0.717, 1.165) is 31.1 Å². The summed E-state index contributed by atoms with van der Waals surface area (Å²) in [6.07, 6.45) is -2.50. The first-order valence-electron chi connectivity index (χ1n) is 9.75. The van der Waals surface area contributed by atoms with E-state index in [1.165, 1.54) is 18.4 Å². The van der Waals surface area contributed by atoms with Gasteiger partial charge in [0.25, 0.3) is 0 Å². The second kappa shape index (κ2) is 12.5. The van der Waals surface area contributed by atoms with E-state index in [1.54, 1.807) is 0 Å². The number of guanidine groups is 1. The standard InChI is InChI=1S/C20H31F3N4.HI/c1-3-24-19(25-11-10-20(21,22)23)26-14-17-4-6-18(7-5-17)15-27-12-8-16(2)9-13-27;/h4-7,16H,3,8-15H2,1-2H3,(H2,24,25,26);1H. The highest BCUT2D eigenvalue weighted by atomic mass is 127. The number of aliphatic imine (C=N–C) groups is 1. The number of hydrogen-bond donors (Lipinski definition) is 2. The topological polar surface area (TPSA) is 39.7 Å². The number of piperidine rings is 1. The van der Waals surface area contributed by atoms with Gasteiger partial charge in [0.15, 0.2) is 5.96 Å². The predicted molar refractivity (Wildman–Crippen MR) is 119 cm³/mol. The summed E-state index contributed by atoms with van der Waals surface area (Å²) >= 11 is 0. The van der Waals surface area contributed by atoms with Gasteiger partial charge in [-0.05, 0) is 49.9 Å². The highest BCUT2D eigenvalue weighted by Crippen LogP contribution is 2.19. The molecule has 0 aliphatic carbocycles. The molecule has 0 atom stereocenters. The van der Waals surface area contributed by atoms with Crippen molar-refractivity contribution in [3.63, 3.8) is 0 Å². The lowest BCUT2D eigenvalue weighted by Crippen LogP contribution is -2.38. The smallest absolute Gasteiger partial charge is 0.357 e. The Kier molecular flexibility index (Phi) is 11.2. The maximum Gasteiger partial charge on any atom is 0.390 e. The Morgan fingerprint density at radius 1 is 1.11 bits per heavy atom. The predicted octanol–water partition coefficient (Wildman–Crippen LogP) is 4.54. The van der Waals surface area contributed by atoms with Crippen LogP contribution in [0.2, 0.25) is 0 Å². The van der Waals surface area contributed by atoms with Crippen molar-refractivity contribution in [2.45, 2.75) is 52.4 Å². The van der Waals surface area contributed by atoms with Crippen LogP contribution < -0.4 is 10.6 Å². The van der Waals surface area contributed by atoms with E-state index < -0.39 is 12.6 Å². The summed E-state index contributed by atoms with van der Waals surface area (Å²) in [5.74, 6) is 1.24. The van der Waals surface area contributed by atoms with Gasteiger partial charge in [-0.15, -0.1) is 24.0 Å². The molecule has 1 aromatic carbocycles. The van der Waals surface area contributed by atoms with E-state index in [-0.39, 0.29) is 30.5 Å². The van der Waals surface area contributed by atoms with Crippen molar-refractivity contribution >= 4 is 29.9 Å². The molecule has 0 radical (unpaired) electrons. The SMILES string of the molecule is CCNC(=NCc1ccc(CN2CCC(C)CC2)cc1)NCCC(F)(F)F.I. The molecule has 0 saturated carbocycles. The minimum Gasteiger partial charge on any atom is -0.357 e. The van der Waals surface area contributed by atoms with Crippen LogP contribution in [0.4, 0.5) is 13.2 Å². The van der Waals surface area contributed by atoms with Crippen molar-refractivity contribution in [1.82, 2.24) is 15.5 Å². The first-order chi connectivity index (χ1) is 12.9. The van der Waals surface area contributed by atoms with Crippen molar-refractivity contribution < 1.29 is 13.2 Å². The van der Waals surface area contributed by atoms with Crippen LogP contribution in [0.5, 0.6) is 0 Å². The third kappa shape index (κ3) is 9.95. The second-order valence-corrected chi connectivity index (χ2v) is 7.26. The lowest BCUT2D eigenvalue weighted by Gasteiger charge is -2.30. The molecule has 0 aromatic heterocycles. The largest absolute Gasteiger partial charge is 0.390 e. The Labute approximate surface area is 183 Å². The zero-order chi connectivity index (χ0) is 19.7. The maximum atomic E-state index is 12.3. The van der Waals surface area contributed by atoms with Crippen LogP contribution in [0.15, 0.2) is 29.3 Å². The average molecular weight is 512 g/mol. The molecule has 2 N–H and O–H groups in total. The van der Waals surface area contributed by atoms with Gasteiger partial charge in [-0.25, -0.2) is 4.99 Å². The number of nitrogens with zero attached hydrogens (tertiary/aromatic N) is 2. The summed E-state index contributed by atoms with van der Waals surface area (Å²) in [6, 6.07) is 8.33. The van der Waals surface area contributed by atoms with E-state index >= 15 is 0 Å². The molecule has 0 unspecified atom stereocenters. The molecule has 1 aliphatic rings. The second-order valence-electron chi connectivity index (χ2n) is 7.26. The maximum absolute atomic E-state index is 12.3. The fraction of sp³-hybridized carbons (Fsp3) is 0.650. The molecule has 28 heavy (non-hydrogen) atoms. The molecule has 1 aromatic rings. The molecule has 0 amide bonds. The van der Waals surface area contributed by atoms with Gasteiger partial charge in [0.2, 0.25) is 0 Å². The van der Waals surface area contributed by atoms with E-state index in [2.05, 4.69) is 39.6 Å². The van der Waals surface area contributed by atoms with Crippen molar-refractivity contribution in [1.29, 1.82) is 0 Å². The van der Waals surface area contributed by atoms with Gasteiger partial charge in [0, 0.05) is 19.6 Å². The number of halogens is 4. The Hall–Kier alpha value is -1.03. The number of likely N-dealkylation sites (tertiary alicyclic amines) is 1. The van der Waals surface area contributed by atoms with E-state index in [0.29, 0.717) is 19.0 Å². The summed E-state index contributed by atoms with van der Waals surface area (Å²) in [7, 11) is 0. The van der Waals surface area contributed by atoms with Gasteiger partial charge in [-0.2, -0.15) is 13.2 Å². The molecule has 160 valence electrons. The number of nitrogens with one attached hydrogen (secondary N) is 2. The normalized spacial score (nSPS) is 16.5. The number of rotatable bonds is 7. The highest BCUT2D eigenvalue weighted by Gasteiger charge is 2.26. The lowest BCUT2D eigenvalue weighted by molar-refractivity contribution is -0.132. The zero-order valence-corrected chi connectivity index (χ0v) is 19.0. The van der Waals surface area contributed by atoms with E-state index in [9.17, 15) is 13.2 Å². The van der Waals surface area contributed by atoms with Gasteiger partial charge in [0.05, 0.1) is 13.0 Å². The van der Waals surface area contributed by atoms with Crippen molar-refractivity contribution in [2.75, 3.05) is 26.2 Å². The third-order valence-electron chi connectivity index (χ3n) is 4.77. The fourth-order valence-corrected chi connectivity index (χ4v) is 3.06. The van der Waals surface area contributed by atoms with Crippen molar-refractivity contribution in [2.24, 2.45) is 10.9 Å².